The standard InChI is InChI=1S/C14H20N2O2/c1-16(9-10-4-2-3-5-10)13-7-6-11(15)8-12(13)14(17)18/h6-8,10H,2-5,9,15H2,1H3,(H,17,18). The van der Waals surface area contributed by atoms with Crippen LogP contribution in [0.1, 0.15) is 36.0 Å². The van der Waals surface area contributed by atoms with Gasteiger partial charge in [0.1, 0.15) is 0 Å². The van der Waals surface area contributed by atoms with Crippen molar-refractivity contribution in [3.8, 4) is 0 Å². The quantitative estimate of drug-likeness (QED) is 0.804. The molecule has 1 aliphatic rings. The highest BCUT2D eigenvalue weighted by molar-refractivity contribution is 5.95. The largest absolute Gasteiger partial charge is 0.478 e. The highest BCUT2D eigenvalue weighted by atomic mass is 16.4. The Hall–Kier alpha value is -1.71. The molecule has 2 rings (SSSR count). The van der Waals surface area contributed by atoms with E-state index < -0.39 is 5.97 Å². The third-order valence-corrected chi connectivity index (χ3v) is 3.67. The van der Waals surface area contributed by atoms with Gasteiger partial charge >= 0.3 is 5.97 Å². The fourth-order valence-corrected chi connectivity index (χ4v) is 2.74. The highest BCUT2D eigenvalue weighted by Gasteiger charge is 2.20. The Morgan fingerprint density at radius 3 is 2.72 bits per heavy atom. The summed E-state index contributed by atoms with van der Waals surface area (Å²) in [7, 11) is 1.95. The summed E-state index contributed by atoms with van der Waals surface area (Å²) >= 11 is 0. The second kappa shape index (κ2) is 5.29. The summed E-state index contributed by atoms with van der Waals surface area (Å²) in [6.45, 7) is 0.921. The summed E-state index contributed by atoms with van der Waals surface area (Å²) in [5, 5.41) is 9.22. The molecule has 4 heteroatoms. The number of nitrogen functional groups attached to an aromatic ring is 1. The number of anilines is 2. The fraction of sp³-hybridized carbons (Fsp3) is 0.500. The maximum absolute atomic E-state index is 11.2. The molecular weight excluding hydrogens is 228 g/mol. The van der Waals surface area contributed by atoms with E-state index in [2.05, 4.69) is 0 Å². The van der Waals surface area contributed by atoms with Crippen molar-refractivity contribution < 1.29 is 9.90 Å². The van der Waals surface area contributed by atoms with Crippen molar-refractivity contribution in [2.75, 3.05) is 24.2 Å². The maximum atomic E-state index is 11.2. The SMILES string of the molecule is CN(CC1CCCC1)c1ccc(N)cc1C(=O)O. The molecule has 0 atom stereocenters. The molecule has 0 spiro atoms. The van der Waals surface area contributed by atoms with Gasteiger partial charge in [-0.05, 0) is 37.0 Å². The van der Waals surface area contributed by atoms with E-state index in [4.69, 9.17) is 5.73 Å². The number of nitrogens with zero attached hydrogens (tertiary/aromatic N) is 1. The number of hydrogen-bond donors (Lipinski definition) is 2. The Kier molecular flexibility index (Phi) is 3.75. The molecule has 0 aliphatic heterocycles. The third kappa shape index (κ3) is 2.75. The molecule has 0 bridgehead atoms. The van der Waals surface area contributed by atoms with Gasteiger partial charge in [0.2, 0.25) is 0 Å². The van der Waals surface area contributed by atoms with Gasteiger partial charge in [-0.3, -0.25) is 0 Å². The van der Waals surface area contributed by atoms with Crippen molar-refractivity contribution in [3.63, 3.8) is 0 Å². The van der Waals surface area contributed by atoms with Gasteiger partial charge in [-0.2, -0.15) is 0 Å². The summed E-state index contributed by atoms with van der Waals surface area (Å²) in [5.74, 6) is -0.232. The summed E-state index contributed by atoms with van der Waals surface area (Å²) in [6, 6.07) is 5.09. The monoisotopic (exact) mass is 248 g/mol. The molecule has 1 aromatic rings. The summed E-state index contributed by atoms with van der Waals surface area (Å²) in [5.41, 5.74) is 7.18. The molecule has 1 aliphatic carbocycles. The predicted molar refractivity (Wildman–Crippen MR) is 73.0 cm³/mol. The van der Waals surface area contributed by atoms with E-state index in [0.29, 0.717) is 11.6 Å². The van der Waals surface area contributed by atoms with Gasteiger partial charge in [-0.25, -0.2) is 4.79 Å². The fourth-order valence-electron chi connectivity index (χ4n) is 2.74. The van der Waals surface area contributed by atoms with Crippen molar-refractivity contribution >= 4 is 17.3 Å². The van der Waals surface area contributed by atoms with Crippen LogP contribution in [0.2, 0.25) is 0 Å². The van der Waals surface area contributed by atoms with E-state index >= 15 is 0 Å². The molecule has 0 unspecified atom stereocenters. The number of carboxylic acid groups (broad SMARTS) is 1. The number of aromatic carboxylic acids is 1. The molecular formula is C14H20N2O2. The molecule has 1 fully saturated rings. The van der Waals surface area contributed by atoms with Gasteiger partial charge in [0.15, 0.2) is 0 Å². The Bertz CT molecular complexity index is 439. The van der Waals surface area contributed by atoms with Crippen molar-refractivity contribution in [1.82, 2.24) is 0 Å². The number of carbonyl (C=O) groups is 1. The third-order valence-electron chi connectivity index (χ3n) is 3.67. The first-order valence-corrected chi connectivity index (χ1v) is 6.42. The molecule has 1 aromatic carbocycles. The van der Waals surface area contributed by atoms with E-state index in [0.717, 1.165) is 12.2 Å². The van der Waals surface area contributed by atoms with Gasteiger partial charge in [0, 0.05) is 19.3 Å². The van der Waals surface area contributed by atoms with Crippen molar-refractivity contribution in [3.05, 3.63) is 23.8 Å². The zero-order valence-electron chi connectivity index (χ0n) is 10.7. The van der Waals surface area contributed by atoms with Gasteiger partial charge in [-0.1, -0.05) is 12.8 Å². The molecule has 0 radical (unpaired) electrons. The number of nitrogens with two attached hydrogens (primary N) is 1. The second-order valence-electron chi connectivity index (χ2n) is 5.11. The van der Waals surface area contributed by atoms with E-state index in [1.54, 1.807) is 12.1 Å². The topological polar surface area (TPSA) is 66.6 Å². The van der Waals surface area contributed by atoms with E-state index in [9.17, 15) is 9.90 Å². The van der Waals surface area contributed by atoms with E-state index in [1.165, 1.54) is 31.7 Å². The maximum Gasteiger partial charge on any atom is 0.337 e. The van der Waals surface area contributed by atoms with Gasteiger partial charge < -0.3 is 15.7 Å². The minimum Gasteiger partial charge on any atom is -0.478 e. The summed E-state index contributed by atoms with van der Waals surface area (Å²) in [6.07, 6.45) is 5.10. The molecule has 18 heavy (non-hydrogen) atoms. The van der Waals surface area contributed by atoms with Crippen LogP contribution in [0, 0.1) is 5.92 Å². The minimum absolute atomic E-state index is 0.287. The summed E-state index contributed by atoms with van der Waals surface area (Å²) in [4.78, 5) is 13.3. The van der Waals surface area contributed by atoms with Crippen LogP contribution in [0.3, 0.4) is 0 Å². The van der Waals surface area contributed by atoms with Crippen LogP contribution in [0.5, 0.6) is 0 Å². The van der Waals surface area contributed by atoms with Crippen molar-refractivity contribution in [1.29, 1.82) is 0 Å². The minimum atomic E-state index is -0.921. The molecule has 0 heterocycles. The molecule has 0 aromatic heterocycles. The van der Waals surface area contributed by atoms with Gasteiger partial charge in [0.25, 0.3) is 0 Å². The zero-order valence-corrected chi connectivity index (χ0v) is 10.7. The second-order valence-corrected chi connectivity index (χ2v) is 5.11. The van der Waals surface area contributed by atoms with E-state index in [-0.39, 0.29) is 5.56 Å². The molecule has 3 N–H and O–H groups in total. The number of benzene rings is 1. The Morgan fingerprint density at radius 2 is 2.11 bits per heavy atom. The molecule has 4 nitrogen and oxygen atoms in total. The smallest absolute Gasteiger partial charge is 0.337 e. The van der Waals surface area contributed by atoms with Gasteiger partial charge in [-0.15, -0.1) is 0 Å². The lowest BCUT2D eigenvalue weighted by Crippen LogP contribution is -2.25. The first-order valence-electron chi connectivity index (χ1n) is 6.42. The van der Waals surface area contributed by atoms with Crippen LogP contribution in [0.15, 0.2) is 18.2 Å². The van der Waals surface area contributed by atoms with Crippen LogP contribution in [-0.4, -0.2) is 24.7 Å². The lowest BCUT2D eigenvalue weighted by molar-refractivity contribution is 0.0697. The zero-order chi connectivity index (χ0) is 13.1. The molecule has 0 amide bonds. The summed E-state index contributed by atoms with van der Waals surface area (Å²) < 4.78 is 0. The Morgan fingerprint density at radius 1 is 1.44 bits per heavy atom. The van der Waals surface area contributed by atoms with Crippen molar-refractivity contribution in [2.24, 2.45) is 5.92 Å². The van der Waals surface area contributed by atoms with Crippen LogP contribution in [0.25, 0.3) is 0 Å². The Labute approximate surface area is 107 Å². The van der Waals surface area contributed by atoms with Gasteiger partial charge in [0.05, 0.1) is 11.3 Å². The lowest BCUT2D eigenvalue weighted by Gasteiger charge is -2.24. The Balaban J connectivity index is 2.17. The van der Waals surface area contributed by atoms with Crippen LogP contribution in [-0.2, 0) is 0 Å². The average Bonchev–Trinajstić information content (AvgIpc) is 2.81. The number of rotatable bonds is 4. The molecule has 0 saturated heterocycles. The van der Waals surface area contributed by atoms with E-state index in [1.807, 2.05) is 11.9 Å². The molecule has 1 saturated carbocycles. The number of hydrogen-bond acceptors (Lipinski definition) is 3. The number of carboxylic acids is 1. The highest BCUT2D eigenvalue weighted by Crippen LogP contribution is 2.28. The van der Waals surface area contributed by atoms with Crippen LogP contribution in [0.4, 0.5) is 11.4 Å². The van der Waals surface area contributed by atoms with Crippen molar-refractivity contribution in [2.45, 2.75) is 25.7 Å². The predicted octanol–water partition coefficient (Wildman–Crippen LogP) is 2.59. The average molecular weight is 248 g/mol. The lowest BCUT2D eigenvalue weighted by atomic mass is 10.1. The first-order chi connectivity index (χ1) is 8.58. The molecule has 98 valence electrons. The normalized spacial score (nSPS) is 15.8. The first kappa shape index (κ1) is 12.7. The van der Waals surface area contributed by atoms with Crippen LogP contribution >= 0.6 is 0 Å². The van der Waals surface area contributed by atoms with Crippen LogP contribution < -0.4 is 10.6 Å².